The van der Waals surface area contributed by atoms with Gasteiger partial charge in [-0.15, -0.1) is 0 Å². The van der Waals surface area contributed by atoms with Gasteiger partial charge in [0.1, 0.15) is 0 Å². The van der Waals surface area contributed by atoms with E-state index in [0.29, 0.717) is 13.1 Å². The number of likely N-dealkylation sites (N-methyl/N-ethyl adjacent to an activating group) is 1. The van der Waals surface area contributed by atoms with Gasteiger partial charge in [-0.05, 0) is 38.4 Å². The highest BCUT2D eigenvalue weighted by atomic mass is 16.3. The lowest BCUT2D eigenvalue weighted by molar-refractivity contribution is -0.119. The molecule has 19 heavy (non-hydrogen) atoms. The second kappa shape index (κ2) is 6.17. The van der Waals surface area contributed by atoms with E-state index in [4.69, 9.17) is 0 Å². The molecule has 4 heteroatoms. The average molecular weight is 262 g/mol. The average Bonchev–Trinajstić information content (AvgIpc) is 2.36. The standard InChI is InChI=1S/C15H22N2O2/c1-12(18)10-16(2)11-15(19)17-9-5-7-13-6-3-4-8-14(13)17/h3-4,6,8,12,18H,5,7,9-11H2,1-2H3. The largest absolute Gasteiger partial charge is 0.392 e. The fourth-order valence-corrected chi connectivity index (χ4v) is 2.62. The third-order valence-corrected chi connectivity index (χ3v) is 3.39. The van der Waals surface area contributed by atoms with Gasteiger partial charge in [0.2, 0.25) is 5.91 Å². The zero-order valence-corrected chi connectivity index (χ0v) is 11.7. The van der Waals surface area contributed by atoms with Crippen LogP contribution in [0.1, 0.15) is 18.9 Å². The molecule has 1 unspecified atom stereocenters. The molecule has 0 fully saturated rings. The van der Waals surface area contributed by atoms with Crippen LogP contribution in [0.4, 0.5) is 5.69 Å². The molecule has 0 aliphatic carbocycles. The minimum atomic E-state index is -0.411. The van der Waals surface area contributed by atoms with Crippen LogP contribution in [0.15, 0.2) is 24.3 Å². The molecule has 1 aliphatic heterocycles. The number of para-hydroxylation sites is 1. The molecule has 1 aromatic rings. The van der Waals surface area contributed by atoms with Gasteiger partial charge in [-0.3, -0.25) is 9.69 Å². The molecule has 1 aliphatic rings. The van der Waals surface area contributed by atoms with Crippen molar-refractivity contribution in [3.8, 4) is 0 Å². The predicted molar refractivity (Wildman–Crippen MR) is 76.3 cm³/mol. The van der Waals surface area contributed by atoms with E-state index >= 15 is 0 Å². The Kier molecular flexibility index (Phi) is 4.56. The lowest BCUT2D eigenvalue weighted by Gasteiger charge is -2.31. The molecule has 2 rings (SSSR count). The molecule has 104 valence electrons. The number of amides is 1. The van der Waals surface area contributed by atoms with Crippen molar-refractivity contribution in [2.24, 2.45) is 0 Å². The van der Waals surface area contributed by atoms with Crippen molar-refractivity contribution in [2.75, 3.05) is 31.6 Å². The van der Waals surface area contributed by atoms with Gasteiger partial charge in [-0.2, -0.15) is 0 Å². The van der Waals surface area contributed by atoms with Gasteiger partial charge in [0.15, 0.2) is 0 Å². The summed E-state index contributed by atoms with van der Waals surface area (Å²) < 4.78 is 0. The number of aryl methyl sites for hydroxylation is 1. The fourth-order valence-electron chi connectivity index (χ4n) is 2.62. The number of nitrogens with zero attached hydrogens (tertiary/aromatic N) is 2. The quantitative estimate of drug-likeness (QED) is 0.889. The Morgan fingerprint density at radius 2 is 2.21 bits per heavy atom. The Morgan fingerprint density at radius 1 is 1.47 bits per heavy atom. The molecule has 0 aromatic heterocycles. The molecule has 1 amide bonds. The van der Waals surface area contributed by atoms with Crippen LogP contribution in [0.2, 0.25) is 0 Å². The second-order valence-electron chi connectivity index (χ2n) is 5.32. The number of carbonyl (C=O) groups excluding carboxylic acids is 1. The molecule has 1 N–H and O–H groups in total. The van der Waals surface area contributed by atoms with E-state index < -0.39 is 6.10 Å². The lowest BCUT2D eigenvalue weighted by atomic mass is 10.0. The second-order valence-corrected chi connectivity index (χ2v) is 5.32. The van der Waals surface area contributed by atoms with E-state index in [1.54, 1.807) is 6.92 Å². The maximum Gasteiger partial charge on any atom is 0.241 e. The fraction of sp³-hybridized carbons (Fsp3) is 0.533. The number of rotatable bonds is 4. The minimum absolute atomic E-state index is 0.107. The molecule has 4 nitrogen and oxygen atoms in total. The summed E-state index contributed by atoms with van der Waals surface area (Å²) in [6.45, 7) is 3.38. The van der Waals surface area contributed by atoms with E-state index in [0.717, 1.165) is 25.1 Å². The number of anilines is 1. The molecule has 0 saturated heterocycles. The van der Waals surface area contributed by atoms with Crippen LogP contribution in [0.3, 0.4) is 0 Å². The van der Waals surface area contributed by atoms with Crippen LogP contribution in [0.5, 0.6) is 0 Å². The minimum Gasteiger partial charge on any atom is -0.392 e. The van der Waals surface area contributed by atoms with Crippen LogP contribution >= 0.6 is 0 Å². The van der Waals surface area contributed by atoms with Gasteiger partial charge in [0, 0.05) is 18.8 Å². The van der Waals surface area contributed by atoms with Crippen molar-refractivity contribution in [1.29, 1.82) is 0 Å². The first-order chi connectivity index (χ1) is 9.08. The number of aliphatic hydroxyl groups is 1. The van der Waals surface area contributed by atoms with Gasteiger partial charge in [0.25, 0.3) is 0 Å². The number of hydrogen-bond donors (Lipinski definition) is 1. The normalized spacial score (nSPS) is 16.3. The summed E-state index contributed by atoms with van der Waals surface area (Å²) in [6.07, 6.45) is 1.65. The van der Waals surface area contributed by atoms with Crippen LogP contribution < -0.4 is 4.90 Å². The Bertz CT molecular complexity index is 446. The van der Waals surface area contributed by atoms with Crippen molar-refractivity contribution in [2.45, 2.75) is 25.9 Å². The first kappa shape index (κ1) is 14.0. The summed E-state index contributed by atoms with van der Waals surface area (Å²) in [6, 6.07) is 8.10. The highest BCUT2D eigenvalue weighted by Crippen LogP contribution is 2.26. The van der Waals surface area contributed by atoms with E-state index in [-0.39, 0.29) is 5.91 Å². The Morgan fingerprint density at radius 3 is 2.95 bits per heavy atom. The zero-order chi connectivity index (χ0) is 13.8. The third kappa shape index (κ3) is 3.55. The molecule has 0 bridgehead atoms. The number of aliphatic hydroxyl groups excluding tert-OH is 1. The maximum absolute atomic E-state index is 12.4. The topological polar surface area (TPSA) is 43.8 Å². The smallest absolute Gasteiger partial charge is 0.241 e. The highest BCUT2D eigenvalue weighted by molar-refractivity contribution is 5.95. The summed E-state index contributed by atoms with van der Waals surface area (Å²) in [5.74, 6) is 0.107. The summed E-state index contributed by atoms with van der Waals surface area (Å²) in [4.78, 5) is 16.1. The Labute approximate surface area is 114 Å². The van der Waals surface area contributed by atoms with Crippen molar-refractivity contribution in [3.05, 3.63) is 29.8 Å². The summed E-state index contributed by atoms with van der Waals surface area (Å²) in [7, 11) is 1.86. The van der Waals surface area contributed by atoms with Crippen molar-refractivity contribution < 1.29 is 9.90 Å². The SMILES string of the molecule is CC(O)CN(C)CC(=O)N1CCCc2ccccc21. The Hall–Kier alpha value is -1.39. The highest BCUT2D eigenvalue weighted by Gasteiger charge is 2.22. The molecule has 1 heterocycles. The van der Waals surface area contributed by atoms with Crippen LogP contribution in [-0.2, 0) is 11.2 Å². The molecule has 0 radical (unpaired) electrons. The van der Waals surface area contributed by atoms with E-state index in [2.05, 4.69) is 6.07 Å². The van der Waals surface area contributed by atoms with Gasteiger partial charge >= 0.3 is 0 Å². The number of benzene rings is 1. The molecule has 0 spiro atoms. The first-order valence-electron chi connectivity index (χ1n) is 6.83. The maximum atomic E-state index is 12.4. The van der Waals surface area contributed by atoms with Gasteiger partial charge in [-0.25, -0.2) is 0 Å². The Balaban J connectivity index is 2.04. The number of carbonyl (C=O) groups is 1. The molecular formula is C15H22N2O2. The number of hydrogen-bond acceptors (Lipinski definition) is 3. The number of fused-ring (bicyclic) bond motifs is 1. The summed E-state index contributed by atoms with van der Waals surface area (Å²) in [5, 5.41) is 9.34. The zero-order valence-electron chi connectivity index (χ0n) is 11.7. The van der Waals surface area contributed by atoms with E-state index in [1.165, 1.54) is 5.56 Å². The molecular weight excluding hydrogens is 240 g/mol. The molecule has 0 saturated carbocycles. The van der Waals surface area contributed by atoms with E-state index in [9.17, 15) is 9.90 Å². The van der Waals surface area contributed by atoms with E-state index in [1.807, 2.05) is 35.0 Å². The molecule has 1 atom stereocenters. The van der Waals surface area contributed by atoms with Crippen molar-refractivity contribution in [3.63, 3.8) is 0 Å². The van der Waals surface area contributed by atoms with Crippen LogP contribution in [0.25, 0.3) is 0 Å². The van der Waals surface area contributed by atoms with Gasteiger partial charge < -0.3 is 10.0 Å². The van der Waals surface area contributed by atoms with Crippen molar-refractivity contribution in [1.82, 2.24) is 4.90 Å². The lowest BCUT2D eigenvalue weighted by Crippen LogP contribution is -2.43. The van der Waals surface area contributed by atoms with Crippen LogP contribution in [-0.4, -0.2) is 48.7 Å². The monoisotopic (exact) mass is 262 g/mol. The molecule has 1 aromatic carbocycles. The van der Waals surface area contributed by atoms with Gasteiger partial charge in [-0.1, -0.05) is 18.2 Å². The third-order valence-electron chi connectivity index (χ3n) is 3.39. The van der Waals surface area contributed by atoms with Crippen LogP contribution in [0, 0.1) is 0 Å². The van der Waals surface area contributed by atoms with Gasteiger partial charge in [0.05, 0.1) is 12.6 Å². The van der Waals surface area contributed by atoms with Crippen molar-refractivity contribution >= 4 is 11.6 Å². The first-order valence-corrected chi connectivity index (χ1v) is 6.83. The predicted octanol–water partition coefficient (Wildman–Crippen LogP) is 1.28. The summed E-state index contributed by atoms with van der Waals surface area (Å²) in [5.41, 5.74) is 2.30. The summed E-state index contributed by atoms with van der Waals surface area (Å²) >= 11 is 0.